The molecule has 0 unspecified atom stereocenters. The molecule has 0 aromatic carbocycles. The maximum absolute atomic E-state index is 10.6. The molecule has 0 bridgehead atoms. The summed E-state index contributed by atoms with van der Waals surface area (Å²) in [5.74, 6) is 0. The summed E-state index contributed by atoms with van der Waals surface area (Å²) in [7, 11) is 0. The zero-order valence-corrected chi connectivity index (χ0v) is 5.85. The monoisotopic (exact) mass is 154 g/mol. The Labute approximate surface area is 62.6 Å². The topological polar surface area (TPSA) is 70.1 Å². The van der Waals surface area contributed by atoms with E-state index >= 15 is 0 Å². The van der Waals surface area contributed by atoms with E-state index in [4.69, 9.17) is 0 Å². The fourth-order valence-electron chi connectivity index (χ4n) is 0.776. The van der Waals surface area contributed by atoms with Crippen molar-refractivity contribution in [1.82, 2.24) is 0 Å². The van der Waals surface area contributed by atoms with Crippen LogP contribution < -0.4 is 4.73 Å². The van der Waals surface area contributed by atoms with Gasteiger partial charge in [0.2, 0.25) is 0 Å². The third-order valence-corrected chi connectivity index (χ3v) is 1.18. The first-order valence-electron chi connectivity index (χ1n) is 2.94. The highest BCUT2D eigenvalue weighted by atomic mass is 16.6. The zero-order valence-electron chi connectivity index (χ0n) is 5.85. The highest BCUT2D eigenvalue weighted by Crippen LogP contribution is 2.07. The minimum atomic E-state index is -0.596. The van der Waals surface area contributed by atoms with Gasteiger partial charge in [-0.3, -0.25) is 10.1 Å². The molecular formula is C6H6N2O3. The summed E-state index contributed by atoms with van der Waals surface area (Å²) in [6.07, 6.45) is 2.19. The summed E-state index contributed by atoms with van der Waals surface area (Å²) >= 11 is 0. The first-order chi connectivity index (χ1) is 5.09. The molecule has 0 fully saturated rings. The summed E-state index contributed by atoms with van der Waals surface area (Å²) < 4.78 is 0.424. The Morgan fingerprint density at radius 2 is 2.18 bits per heavy atom. The van der Waals surface area contributed by atoms with Crippen LogP contribution >= 0.6 is 0 Å². The third kappa shape index (κ3) is 1.64. The molecule has 11 heavy (non-hydrogen) atoms. The molecule has 0 amide bonds. The molecule has 5 heteroatoms. The Morgan fingerprint density at radius 1 is 1.55 bits per heavy atom. The minimum absolute atomic E-state index is 0.181. The van der Waals surface area contributed by atoms with Crippen molar-refractivity contribution in [2.45, 2.75) is 6.92 Å². The standard InChI is InChI=1S/C6H6N2O3/c1-5-2-6(8(10)11)4-7(9)3-5/h2-4H,1H3. The average Bonchev–Trinajstić information content (AvgIpc) is 1.85. The van der Waals surface area contributed by atoms with Crippen molar-refractivity contribution in [3.63, 3.8) is 0 Å². The summed E-state index contributed by atoms with van der Waals surface area (Å²) in [4.78, 5) is 9.56. The van der Waals surface area contributed by atoms with Crippen molar-refractivity contribution in [2.75, 3.05) is 0 Å². The summed E-state index contributed by atoms with van der Waals surface area (Å²) in [6.45, 7) is 1.63. The van der Waals surface area contributed by atoms with Crippen LogP contribution in [0.15, 0.2) is 18.5 Å². The second kappa shape index (κ2) is 2.53. The second-order valence-electron chi connectivity index (χ2n) is 2.19. The van der Waals surface area contributed by atoms with Crippen LogP contribution in [0, 0.1) is 22.2 Å². The van der Waals surface area contributed by atoms with Crippen molar-refractivity contribution >= 4 is 5.69 Å². The van der Waals surface area contributed by atoms with E-state index in [1.54, 1.807) is 6.92 Å². The largest absolute Gasteiger partial charge is 0.619 e. The number of rotatable bonds is 1. The van der Waals surface area contributed by atoms with Crippen molar-refractivity contribution < 1.29 is 9.65 Å². The van der Waals surface area contributed by atoms with Crippen LogP contribution in [0.1, 0.15) is 5.56 Å². The maximum Gasteiger partial charge on any atom is 0.333 e. The quantitative estimate of drug-likeness (QED) is 0.256. The van der Waals surface area contributed by atoms with E-state index < -0.39 is 4.92 Å². The molecule has 0 atom stereocenters. The lowest BCUT2D eigenvalue weighted by molar-refractivity contribution is -0.610. The number of hydrogen-bond donors (Lipinski definition) is 0. The highest BCUT2D eigenvalue weighted by molar-refractivity contribution is 5.26. The Kier molecular flexibility index (Phi) is 1.72. The van der Waals surface area contributed by atoms with Gasteiger partial charge in [-0.25, -0.2) is 0 Å². The normalized spacial score (nSPS) is 9.55. The number of aryl methyl sites for hydroxylation is 1. The van der Waals surface area contributed by atoms with Gasteiger partial charge in [0.15, 0.2) is 6.20 Å². The molecule has 5 nitrogen and oxygen atoms in total. The summed E-state index contributed by atoms with van der Waals surface area (Å²) in [5, 5.41) is 20.8. The molecule has 0 radical (unpaired) electrons. The molecule has 0 saturated heterocycles. The van der Waals surface area contributed by atoms with E-state index in [1.807, 2.05) is 0 Å². The van der Waals surface area contributed by atoms with Crippen LogP contribution in [0.3, 0.4) is 0 Å². The van der Waals surface area contributed by atoms with Crippen LogP contribution in [0.5, 0.6) is 0 Å². The van der Waals surface area contributed by atoms with Gasteiger partial charge in [0, 0.05) is 11.6 Å². The van der Waals surface area contributed by atoms with Gasteiger partial charge in [-0.15, -0.1) is 0 Å². The van der Waals surface area contributed by atoms with Gasteiger partial charge in [0.05, 0.1) is 4.92 Å². The molecule has 58 valence electrons. The molecule has 1 heterocycles. The van der Waals surface area contributed by atoms with E-state index in [0.717, 1.165) is 6.20 Å². The number of nitro groups is 1. The second-order valence-corrected chi connectivity index (χ2v) is 2.19. The SMILES string of the molecule is Cc1cc([N+](=O)[O-])c[n+]([O-])c1. The Hall–Kier alpha value is -1.65. The van der Waals surface area contributed by atoms with Crippen LogP contribution in [0.4, 0.5) is 5.69 Å². The average molecular weight is 154 g/mol. The molecule has 0 saturated carbocycles. The van der Waals surface area contributed by atoms with Crippen LogP contribution in [-0.4, -0.2) is 4.92 Å². The van der Waals surface area contributed by atoms with Crippen LogP contribution in [0.25, 0.3) is 0 Å². The molecule has 0 aliphatic heterocycles. The number of nitrogens with zero attached hydrogens (tertiary/aromatic N) is 2. The van der Waals surface area contributed by atoms with E-state index in [2.05, 4.69) is 0 Å². The van der Waals surface area contributed by atoms with Crippen LogP contribution in [0.2, 0.25) is 0 Å². The first kappa shape index (κ1) is 7.46. The third-order valence-electron chi connectivity index (χ3n) is 1.18. The zero-order chi connectivity index (χ0) is 8.43. The van der Waals surface area contributed by atoms with E-state index in [-0.39, 0.29) is 5.69 Å². The molecule has 0 spiro atoms. The number of pyridine rings is 1. The van der Waals surface area contributed by atoms with Crippen molar-refractivity contribution in [2.24, 2.45) is 0 Å². The Morgan fingerprint density at radius 3 is 2.64 bits per heavy atom. The van der Waals surface area contributed by atoms with Gasteiger partial charge in [0.25, 0.3) is 6.20 Å². The van der Waals surface area contributed by atoms with Crippen LogP contribution in [-0.2, 0) is 0 Å². The Bertz CT molecular complexity index is 278. The lowest BCUT2D eigenvalue weighted by atomic mass is 10.3. The smallest absolute Gasteiger partial charge is 0.333 e. The molecule has 1 rings (SSSR count). The van der Waals surface area contributed by atoms with Gasteiger partial charge in [0.1, 0.15) is 0 Å². The highest BCUT2D eigenvalue weighted by Gasteiger charge is 2.09. The molecular weight excluding hydrogens is 148 g/mol. The fourth-order valence-corrected chi connectivity index (χ4v) is 0.776. The lowest BCUT2D eigenvalue weighted by Gasteiger charge is -1.95. The molecule has 0 N–H and O–H groups in total. The summed E-state index contributed by atoms with van der Waals surface area (Å²) in [6, 6.07) is 1.34. The molecule has 1 aromatic heterocycles. The van der Waals surface area contributed by atoms with E-state index in [1.165, 1.54) is 12.3 Å². The molecule has 0 aliphatic carbocycles. The van der Waals surface area contributed by atoms with Crippen molar-refractivity contribution in [3.8, 4) is 0 Å². The van der Waals surface area contributed by atoms with Gasteiger partial charge < -0.3 is 5.21 Å². The fraction of sp³-hybridized carbons (Fsp3) is 0.167. The van der Waals surface area contributed by atoms with E-state index in [9.17, 15) is 15.3 Å². The Balaban J connectivity index is 3.19. The maximum atomic E-state index is 10.6. The lowest BCUT2D eigenvalue weighted by Crippen LogP contribution is -2.25. The summed E-state index contributed by atoms with van der Waals surface area (Å²) in [5.41, 5.74) is 0.397. The minimum Gasteiger partial charge on any atom is -0.619 e. The van der Waals surface area contributed by atoms with Gasteiger partial charge in [-0.05, 0) is 6.92 Å². The van der Waals surface area contributed by atoms with Crippen molar-refractivity contribution in [3.05, 3.63) is 39.3 Å². The predicted octanol–water partition coefficient (Wildman–Crippen LogP) is 0.537. The van der Waals surface area contributed by atoms with Gasteiger partial charge in [-0.1, -0.05) is 0 Å². The first-order valence-corrected chi connectivity index (χ1v) is 2.94. The van der Waals surface area contributed by atoms with Crippen molar-refractivity contribution in [1.29, 1.82) is 0 Å². The molecule has 0 aliphatic rings. The van der Waals surface area contributed by atoms with Gasteiger partial charge in [-0.2, -0.15) is 4.73 Å². The van der Waals surface area contributed by atoms with E-state index in [0.29, 0.717) is 10.3 Å². The molecule has 1 aromatic rings. The number of hydrogen-bond acceptors (Lipinski definition) is 3. The predicted molar refractivity (Wildman–Crippen MR) is 36.8 cm³/mol. The van der Waals surface area contributed by atoms with Gasteiger partial charge >= 0.3 is 5.69 Å². The number of aromatic nitrogens is 1.